The molecule has 2 N–H and O–H groups in total. The van der Waals surface area contributed by atoms with Crippen molar-refractivity contribution in [1.29, 1.82) is 5.26 Å². The number of alkyl halides is 3. The van der Waals surface area contributed by atoms with Crippen LogP contribution in [0.15, 0.2) is 42.5 Å². The molecule has 9 heteroatoms. The number of nitriles is 1. The topological polar surface area (TPSA) is 82.3 Å². The van der Waals surface area contributed by atoms with Crippen LogP contribution in [0, 0.1) is 17.1 Å². The van der Waals surface area contributed by atoms with Crippen molar-refractivity contribution < 1.29 is 32.2 Å². The molecule has 0 amide bonds. The predicted octanol–water partition coefficient (Wildman–Crippen LogP) is 3.53. The lowest BCUT2D eigenvalue weighted by Crippen LogP contribution is -2.44. The van der Waals surface area contributed by atoms with Gasteiger partial charge in [-0.1, -0.05) is 0 Å². The molecular weight excluding hydrogens is 380 g/mol. The molecule has 1 atom stereocenters. The van der Waals surface area contributed by atoms with Gasteiger partial charge in [0.05, 0.1) is 23.7 Å². The Bertz CT molecular complexity index is 888. The van der Waals surface area contributed by atoms with Crippen LogP contribution in [0.25, 0.3) is 0 Å². The third kappa shape index (κ3) is 5.44. The van der Waals surface area contributed by atoms with Crippen LogP contribution in [0.2, 0.25) is 0 Å². The molecule has 0 aliphatic carbocycles. The molecule has 0 saturated carbocycles. The van der Waals surface area contributed by atoms with E-state index in [1.54, 1.807) is 0 Å². The lowest BCUT2D eigenvalue weighted by atomic mass is 10.0. The van der Waals surface area contributed by atoms with Gasteiger partial charge in [-0.3, -0.25) is 4.79 Å². The number of ether oxygens (including phenoxy) is 1. The fourth-order valence-corrected chi connectivity index (χ4v) is 2.19. The highest BCUT2D eigenvalue weighted by Gasteiger charge is 2.34. The van der Waals surface area contributed by atoms with Gasteiger partial charge in [0.25, 0.3) is 0 Å². The Hall–Kier alpha value is -3.12. The van der Waals surface area contributed by atoms with Crippen molar-refractivity contribution in [2.45, 2.75) is 18.7 Å². The van der Waals surface area contributed by atoms with Crippen LogP contribution in [0.5, 0.6) is 5.75 Å². The average molecular weight is 396 g/mol. The number of anilines is 1. The first-order chi connectivity index (χ1) is 13.0. The highest BCUT2D eigenvalue weighted by Crippen LogP contribution is 2.33. The number of ketones is 1. The first kappa shape index (κ1) is 21.2. The van der Waals surface area contributed by atoms with Crippen LogP contribution >= 0.6 is 0 Å². The van der Waals surface area contributed by atoms with Gasteiger partial charge in [0.15, 0.2) is 11.4 Å². The van der Waals surface area contributed by atoms with E-state index in [1.807, 2.05) is 0 Å². The molecule has 0 radical (unpaired) electrons. The summed E-state index contributed by atoms with van der Waals surface area (Å²) in [5, 5.41) is 21.5. The lowest BCUT2D eigenvalue weighted by molar-refractivity contribution is -0.137. The first-order valence-electron chi connectivity index (χ1n) is 8.02. The number of benzene rings is 2. The second-order valence-electron chi connectivity index (χ2n) is 6.16. The Balaban J connectivity index is 2.00. The minimum atomic E-state index is -4.72. The zero-order chi connectivity index (χ0) is 20.9. The molecule has 0 fully saturated rings. The summed E-state index contributed by atoms with van der Waals surface area (Å²) in [6.45, 7) is 0.295. The SMILES string of the molecule is C[C@](O)(COc1ccc(F)cc1)C(=O)CNc1ccc(C#N)c(C(F)(F)F)c1. The standard InChI is InChI=1S/C19H16F4N2O3/c1-18(27,11-28-15-6-3-13(20)4-7-15)17(26)10-25-14-5-2-12(9-24)16(8-14)19(21,22)23/h2-8,25,27H,10-11H2,1H3/t18-/m0/s1. The van der Waals surface area contributed by atoms with Gasteiger partial charge in [-0.05, 0) is 49.4 Å². The number of rotatable bonds is 7. The number of hydrogen-bond donors (Lipinski definition) is 2. The van der Waals surface area contributed by atoms with Gasteiger partial charge in [-0.2, -0.15) is 18.4 Å². The molecule has 0 aliphatic heterocycles. The van der Waals surface area contributed by atoms with Crippen molar-refractivity contribution >= 4 is 11.5 Å². The van der Waals surface area contributed by atoms with Crippen molar-refractivity contribution in [2.24, 2.45) is 0 Å². The summed E-state index contributed by atoms with van der Waals surface area (Å²) in [4.78, 5) is 12.2. The zero-order valence-corrected chi connectivity index (χ0v) is 14.7. The zero-order valence-electron chi connectivity index (χ0n) is 14.7. The summed E-state index contributed by atoms with van der Waals surface area (Å²) >= 11 is 0. The fourth-order valence-electron chi connectivity index (χ4n) is 2.19. The van der Waals surface area contributed by atoms with E-state index < -0.39 is 47.7 Å². The maximum absolute atomic E-state index is 13.0. The Morgan fingerprint density at radius 3 is 2.43 bits per heavy atom. The van der Waals surface area contributed by atoms with Gasteiger partial charge in [0.2, 0.25) is 0 Å². The highest BCUT2D eigenvalue weighted by atomic mass is 19.4. The summed E-state index contributed by atoms with van der Waals surface area (Å²) in [7, 11) is 0. The molecule has 5 nitrogen and oxygen atoms in total. The number of Topliss-reactive ketones (excluding diaryl/α,β-unsaturated/α-hetero) is 1. The molecule has 2 aromatic rings. The molecule has 0 unspecified atom stereocenters. The number of aliphatic hydroxyl groups is 1. The molecule has 2 rings (SSSR count). The Morgan fingerprint density at radius 2 is 1.86 bits per heavy atom. The van der Waals surface area contributed by atoms with Crippen molar-refractivity contribution in [1.82, 2.24) is 0 Å². The normalized spacial score (nSPS) is 13.3. The second-order valence-corrected chi connectivity index (χ2v) is 6.16. The molecule has 148 valence electrons. The Labute approximate surface area is 158 Å². The summed E-state index contributed by atoms with van der Waals surface area (Å²) in [6.07, 6.45) is -4.72. The monoisotopic (exact) mass is 396 g/mol. The van der Waals surface area contributed by atoms with Crippen LogP contribution in [0.1, 0.15) is 18.1 Å². The third-order valence-electron chi connectivity index (χ3n) is 3.83. The van der Waals surface area contributed by atoms with Gasteiger partial charge in [0, 0.05) is 5.69 Å². The molecular formula is C19H16F4N2O3. The number of carbonyl (C=O) groups excluding carboxylic acids is 1. The van der Waals surface area contributed by atoms with Crippen LogP contribution in [0.3, 0.4) is 0 Å². The molecule has 0 spiro atoms. The van der Waals surface area contributed by atoms with E-state index in [0.717, 1.165) is 24.3 Å². The minimum Gasteiger partial charge on any atom is -0.490 e. The Morgan fingerprint density at radius 1 is 1.21 bits per heavy atom. The maximum atomic E-state index is 13.0. The van der Waals surface area contributed by atoms with E-state index >= 15 is 0 Å². The summed E-state index contributed by atoms with van der Waals surface area (Å²) < 4.78 is 57.0. The first-order valence-corrected chi connectivity index (χ1v) is 8.02. The number of carbonyl (C=O) groups is 1. The van der Waals surface area contributed by atoms with Crippen molar-refractivity contribution in [3.63, 3.8) is 0 Å². The highest BCUT2D eigenvalue weighted by molar-refractivity contribution is 5.90. The van der Waals surface area contributed by atoms with Gasteiger partial charge in [0.1, 0.15) is 18.2 Å². The quantitative estimate of drug-likeness (QED) is 0.700. The minimum absolute atomic E-state index is 0.0325. The van der Waals surface area contributed by atoms with Crippen LogP contribution in [-0.4, -0.2) is 29.6 Å². The Kier molecular flexibility index (Phi) is 6.26. The van der Waals surface area contributed by atoms with Gasteiger partial charge < -0.3 is 15.2 Å². The van der Waals surface area contributed by atoms with E-state index in [2.05, 4.69) is 5.32 Å². The molecule has 0 aliphatic rings. The summed E-state index contributed by atoms with van der Waals surface area (Å²) in [6, 6.07) is 9.34. The van der Waals surface area contributed by atoms with Crippen molar-refractivity contribution in [3.8, 4) is 11.8 Å². The molecule has 0 saturated heterocycles. The molecule has 2 aromatic carbocycles. The molecule has 0 bridgehead atoms. The maximum Gasteiger partial charge on any atom is 0.417 e. The smallest absolute Gasteiger partial charge is 0.417 e. The summed E-state index contributed by atoms with van der Waals surface area (Å²) in [5.41, 5.74) is -3.63. The van der Waals surface area contributed by atoms with E-state index in [0.29, 0.717) is 0 Å². The van der Waals surface area contributed by atoms with Gasteiger partial charge in [-0.25, -0.2) is 4.39 Å². The number of hydrogen-bond acceptors (Lipinski definition) is 5. The second kappa shape index (κ2) is 8.27. The van der Waals surface area contributed by atoms with Crippen LogP contribution in [0.4, 0.5) is 23.2 Å². The van der Waals surface area contributed by atoms with Gasteiger partial charge >= 0.3 is 6.18 Å². The molecule has 0 heterocycles. The number of nitrogens with zero attached hydrogens (tertiary/aromatic N) is 1. The lowest BCUT2D eigenvalue weighted by Gasteiger charge is -2.22. The largest absolute Gasteiger partial charge is 0.490 e. The third-order valence-corrected chi connectivity index (χ3v) is 3.83. The van der Waals surface area contributed by atoms with Gasteiger partial charge in [-0.15, -0.1) is 0 Å². The fraction of sp³-hybridized carbons (Fsp3) is 0.263. The van der Waals surface area contributed by atoms with Crippen LogP contribution in [-0.2, 0) is 11.0 Å². The number of nitrogens with one attached hydrogen (secondary N) is 1. The summed E-state index contributed by atoms with van der Waals surface area (Å²) in [5.74, 6) is -0.961. The van der Waals surface area contributed by atoms with E-state index in [-0.39, 0.29) is 11.4 Å². The van der Waals surface area contributed by atoms with E-state index in [4.69, 9.17) is 10.00 Å². The predicted molar refractivity (Wildman–Crippen MR) is 92.2 cm³/mol. The average Bonchev–Trinajstić information content (AvgIpc) is 2.64. The molecule has 0 aromatic heterocycles. The van der Waals surface area contributed by atoms with E-state index in [9.17, 15) is 27.5 Å². The van der Waals surface area contributed by atoms with Crippen molar-refractivity contribution in [2.75, 3.05) is 18.5 Å². The van der Waals surface area contributed by atoms with E-state index in [1.165, 1.54) is 31.2 Å². The van der Waals surface area contributed by atoms with Crippen LogP contribution < -0.4 is 10.1 Å². The number of halogens is 4. The molecule has 28 heavy (non-hydrogen) atoms. The van der Waals surface area contributed by atoms with Crippen molar-refractivity contribution in [3.05, 3.63) is 59.4 Å².